The topological polar surface area (TPSA) is 494 Å². The standard InChI is InChI=1S/C74H99FN12O18/c1-9-47-33-52(105-28-13-12-27-76)23-24-53(47)48-21-19-45(20-22-48)32-50(68(99)78-55(67(77)98)18-14-15-46-30-41(2)29-42(3)31-46)34-59(92)57(37-64(96)97)79-69(100)51(40-88)35-60(93)65(43(4)89)82-72(103)74(8,38-49-16-10-11-17-54(49)75)39-61(94)66(44(5)90)81-63(95)26-25-58(91)56(36-62-83-86-87-84-62)80-70(101)73(6,7)71(102)85-104/h10-11,16-17,19-24,29-31,33,43-44,50-51,55-57,65-66,88-90,104H,9,12-15,18,25-28,32,34-40,76H2,1-8H3,(H2,77,98)(H,78,99)(H,79,100)(H,80,101)(H,81,95)(H,82,103)(H,85,102)(H,96,97)(H,83,84,86,87)/t43-,44-,50-,51+,55+,56+,57+,65+,66+,74-/m1/s1. The summed E-state index contributed by atoms with van der Waals surface area (Å²) in [6.45, 7) is 11.6. The van der Waals surface area contributed by atoms with Crippen LogP contribution in [0.3, 0.4) is 0 Å². The SMILES string of the molecule is CCc1cc(OCCCCN)ccc1-c1ccc(C[C@H](CC(=O)[C@H](CC(=O)O)NC(=O)[C@H](CO)CC(=O)[C@@H](NC(=O)[C@@](C)(CC(=O)[C@@H](NC(=O)CCC(=O)[C@H](Cc2nn[nH]n2)NC(=O)C(C)(C)C(=O)NO)[C@@H](C)O)Cc2ccccc2F)[C@@H](C)O)C(=O)N[C@@H](CCCc2cc(C)cc(C)c2)C(N)=O)cc1. The van der Waals surface area contributed by atoms with E-state index in [1.54, 1.807) is 12.1 Å². The number of H-pyrrole nitrogens is 1. The van der Waals surface area contributed by atoms with Crippen molar-refractivity contribution in [1.29, 1.82) is 0 Å². The molecule has 0 spiro atoms. The Morgan fingerprint density at radius 1 is 0.657 bits per heavy atom. The average Bonchev–Trinajstić information content (AvgIpc) is 1.33. The summed E-state index contributed by atoms with van der Waals surface area (Å²) in [5.41, 5.74) is 15.1. The number of aryl methyl sites for hydroxylation is 4. The Kier molecular flexibility index (Phi) is 33.3. The average molecular weight is 1460 g/mol. The number of primary amides is 1. The van der Waals surface area contributed by atoms with Gasteiger partial charge in [0.25, 0.3) is 5.91 Å². The molecule has 0 unspecified atom stereocenters. The number of nitrogens with zero attached hydrogens (tertiary/aromatic N) is 3. The fourth-order valence-electron chi connectivity index (χ4n) is 12.0. The molecule has 0 aliphatic carbocycles. The number of ether oxygens (including phenoxy) is 1. The van der Waals surface area contributed by atoms with Crippen molar-refractivity contribution >= 4 is 70.5 Å². The van der Waals surface area contributed by atoms with Gasteiger partial charge in [0.2, 0.25) is 35.4 Å². The van der Waals surface area contributed by atoms with Crippen LogP contribution in [-0.4, -0.2) is 179 Å². The van der Waals surface area contributed by atoms with Crippen molar-refractivity contribution in [2.45, 2.75) is 194 Å². The van der Waals surface area contributed by atoms with Crippen LogP contribution in [0.4, 0.5) is 4.39 Å². The number of carboxylic acid groups (broad SMARTS) is 1. The highest BCUT2D eigenvalue weighted by atomic mass is 19.1. The predicted molar refractivity (Wildman–Crippen MR) is 379 cm³/mol. The normalized spacial score (nSPS) is 14.6. The van der Waals surface area contributed by atoms with Gasteiger partial charge in [0.1, 0.15) is 35.1 Å². The zero-order chi connectivity index (χ0) is 77.9. The smallest absolute Gasteiger partial charge is 0.305 e. The van der Waals surface area contributed by atoms with Gasteiger partial charge in [-0.15, -0.1) is 10.2 Å². The van der Waals surface area contributed by atoms with E-state index in [4.69, 9.17) is 16.2 Å². The van der Waals surface area contributed by atoms with Gasteiger partial charge in [-0.2, -0.15) is 5.21 Å². The first kappa shape index (κ1) is 85.6. The van der Waals surface area contributed by atoms with Crippen molar-refractivity contribution in [2.24, 2.45) is 34.1 Å². The van der Waals surface area contributed by atoms with E-state index in [-0.39, 0.29) is 30.7 Å². The second-order valence-corrected chi connectivity index (χ2v) is 27.4. The predicted octanol–water partition coefficient (Wildman–Crippen LogP) is 2.49. The van der Waals surface area contributed by atoms with E-state index in [1.165, 1.54) is 30.6 Å². The van der Waals surface area contributed by atoms with Crippen LogP contribution >= 0.6 is 0 Å². The molecule has 10 atom stereocenters. The number of amides is 7. The fourth-order valence-corrected chi connectivity index (χ4v) is 12.0. The van der Waals surface area contributed by atoms with Crippen LogP contribution in [0.5, 0.6) is 5.75 Å². The summed E-state index contributed by atoms with van der Waals surface area (Å²) >= 11 is 0. The number of hydrogen-bond donors (Lipinski definition) is 14. The van der Waals surface area contributed by atoms with Gasteiger partial charge in [0.15, 0.2) is 29.0 Å². The summed E-state index contributed by atoms with van der Waals surface area (Å²) < 4.78 is 21.4. The molecule has 31 heteroatoms. The quantitative estimate of drug-likeness (QED) is 0.0115. The molecule has 5 rings (SSSR count). The number of carbonyl (C=O) groups is 12. The molecule has 0 saturated carbocycles. The molecule has 4 aromatic carbocycles. The number of nitrogens with two attached hydrogens (primary N) is 2. The molecule has 30 nitrogen and oxygen atoms in total. The van der Waals surface area contributed by atoms with Crippen molar-refractivity contribution in [3.05, 3.63) is 130 Å². The number of aliphatic carboxylic acids is 1. The number of nitrogens with one attached hydrogen (secondary N) is 7. The second-order valence-electron chi connectivity index (χ2n) is 27.4. The van der Waals surface area contributed by atoms with E-state index in [0.717, 1.165) is 80.0 Å². The molecular weight excluding hydrogens is 1360 g/mol. The van der Waals surface area contributed by atoms with E-state index in [0.29, 0.717) is 43.7 Å². The molecule has 0 aliphatic heterocycles. The number of tetrazole rings is 1. The minimum atomic E-state index is -2.11. The van der Waals surface area contributed by atoms with Crippen molar-refractivity contribution < 1.29 is 92.3 Å². The summed E-state index contributed by atoms with van der Waals surface area (Å²) in [6, 6.07) is 15.8. The summed E-state index contributed by atoms with van der Waals surface area (Å²) in [5, 5.41) is 77.3. The molecule has 7 amide bonds. The lowest BCUT2D eigenvalue weighted by molar-refractivity contribution is -0.148. The van der Waals surface area contributed by atoms with Crippen LogP contribution < -0.4 is 48.3 Å². The van der Waals surface area contributed by atoms with E-state index in [9.17, 15) is 83.2 Å². The van der Waals surface area contributed by atoms with Gasteiger partial charge in [-0.3, -0.25) is 62.7 Å². The molecule has 1 heterocycles. The Balaban J connectivity index is 1.36. The Morgan fingerprint density at radius 2 is 1.30 bits per heavy atom. The number of aliphatic hydroxyl groups is 3. The van der Waals surface area contributed by atoms with Crippen LogP contribution in [-0.2, 0) is 89.6 Å². The number of halogens is 1. The maximum absolute atomic E-state index is 15.5. The second kappa shape index (κ2) is 40.8. The van der Waals surface area contributed by atoms with Crippen LogP contribution in [0.15, 0.2) is 84.9 Å². The van der Waals surface area contributed by atoms with E-state index >= 15 is 4.39 Å². The summed E-state index contributed by atoms with van der Waals surface area (Å²) in [6.07, 6.45) is -6.17. The third-order valence-corrected chi connectivity index (χ3v) is 18.1. The molecule has 570 valence electrons. The first-order valence-corrected chi connectivity index (χ1v) is 34.8. The van der Waals surface area contributed by atoms with Crippen molar-refractivity contribution in [3.63, 3.8) is 0 Å². The number of Topliss-reactive ketones (excluding diaryl/α,β-unsaturated/α-hetero) is 4. The van der Waals surface area contributed by atoms with Crippen LogP contribution in [0.25, 0.3) is 11.1 Å². The summed E-state index contributed by atoms with van der Waals surface area (Å²) in [5.74, 6) is -15.9. The molecule has 1 aromatic heterocycles. The minimum absolute atomic E-state index is 0.0507. The zero-order valence-electron chi connectivity index (χ0n) is 60.4. The van der Waals surface area contributed by atoms with Gasteiger partial charge in [-0.05, 0) is 151 Å². The van der Waals surface area contributed by atoms with Gasteiger partial charge in [0, 0.05) is 44.4 Å². The Hall–Kier alpha value is -10.1. The number of unbranched alkanes of at least 4 members (excludes halogenated alkanes) is 1. The molecule has 0 saturated heterocycles. The molecule has 0 fully saturated rings. The lowest BCUT2D eigenvalue weighted by atomic mass is 9.76. The van der Waals surface area contributed by atoms with Crippen LogP contribution in [0.2, 0.25) is 0 Å². The fraction of sp³-hybridized carbons (Fsp3) is 0.500. The molecule has 16 N–H and O–H groups in total. The lowest BCUT2D eigenvalue weighted by Gasteiger charge is -2.33. The maximum atomic E-state index is 15.5. The number of benzene rings is 4. The highest BCUT2D eigenvalue weighted by Crippen LogP contribution is 2.32. The Bertz CT molecular complexity index is 3830. The first-order valence-electron chi connectivity index (χ1n) is 34.8. The van der Waals surface area contributed by atoms with Crippen molar-refractivity contribution in [3.8, 4) is 16.9 Å². The molecule has 0 radical (unpaired) electrons. The third-order valence-electron chi connectivity index (χ3n) is 18.1. The minimum Gasteiger partial charge on any atom is -0.494 e. The summed E-state index contributed by atoms with van der Waals surface area (Å²) in [7, 11) is 0. The maximum Gasteiger partial charge on any atom is 0.305 e. The number of hydrogen-bond acceptors (Lipinski definition) is 21. The van der Waals surface area contributed by atoms with Crippen LogP contribution in [0, 0.1) is 42.3 Å². The van der Waals surface area contributed by atoms with E-state index < -0.39 is 193 Å². The van der Waals surface area contributed by atoms with Crippen molar-refractivity contribution in [1.82, 2.24) is 52.7 Å². The molecule has 5 aromatic rings. The number of rotatable bonds is 46. The van der Waals surface area contributed by atoms with E-state index in [2.05, 4.69) is 47.2 Å². The molecule has 0 aliphatic rings. The van der Waals surface area contributed by atoms with Gasteiger partial charge in [-0.1, -0.05) is 96.9 Å². The zero-order valence-corrected chi connectivity index (χ0v) is 60.4. The number of aromatic nitrogens is 4. The third kappa shape index (κ3) is 26.2. The first-order chi connectivity index (χ1) is 49.6. The number of aliphatic hydroxyl groups excluding tert-OH is 3. The Labute approximate surface area is 607 Å². The molecular formula is C74H99FN12O18. The lowest BCUT2D eigenvalue weighted by Crippen LogP contribution is -2.55. The van der Waals surface area contributed by atoms with E-state index in [1.807, 2.05) is 69.3 Å². The number of ketones is 4. The number of aromatic amines is 1. The highest BCUT2D eigenvalue weighted by Gasteiger charge is 2.44. The van der Waals surface area contributed by atoms with Gasteiger partial charge in [0.05, 0.1) is 55.3 Å². The monoisotopic (exact) mass is 1460 g/mol. The number of hydroxylamine groups is 1. The summed E-state index contributed by atoms with van der Waals surface area (Å²) in [4.78, 5) is 165. The molecule has 105 heavy (non-hydrogen) atoms. The van der Waals surface area contributed by atoms with Gasteiger partial charge >= 0.3 is 5.97 Å². The van der Waals surface area contributed by atoms with Gasteiger partial charge < -0.3 is 63.2 Å². The number of carbonyl (C=O) groups excluding carboxylic acids is 11. The number of carboxylic acids is 1. The largest absolute Gasteiger partial charge is 0.494 e. The highest BCUT2D eigenvalue weighted by molar-refractivity contribution is 6.05. The van der Waals surface area contributed by atoms with Crippen molar-refractivity contribution in [2.75, 3.05) is 19.8 Å². The molecule has 0 bridgehead atoms. The van der Waals surface area contributed by atoms with Crippen LogP contribution in [0.1, 0.15) is 145 Å². The van der Waals surface area contributed by atoms with Gasteiger partial charge in [-0.25, -0.2) is 9.87 Å². The Morgan fingerprint density at radius 3 is 1.89 bits per heavy atom.